The Bertz CT molecular complexity index is 1150. The molecule has 0 heterocycles. The number of anilines is 1. The molecule has 0 spiro atoms. The number of rotatable bonds is 11. The Morgan fingerprint density at radius 3 is 2.41 bits per heavy atom. The van der Waals surface area contributed by atoms with Gasteiger partial charge in [0.25, 0.3) is 5.69 Å². The number of aryl methyl sites for hydroxylation is 1. The van der Waals surface area contributed by atoms with Crippen LogP contribution in [0.1, 0.15) is 31.4 Å². The lowest BCUT2D eigenvalue weighted by Crippen LogP contribution is -2.51. The van der Waals surface area contributed by atoms with Crippen molar-refractivity contribution in [3.05, 3.63) is 69.8 Å². The number of sulfonamides is 1. The largest absolute Gasteiger partial charge is 0.354 e. The molecule has 0 radical (unpaired) electrons. The van der Waals surface area contributed by atoms with Gasteiger partial charge in [-0.3, -0.25) is 24.0 Å². The molecule has 0 aliphatic rings. The summed E-state index contributed by atoms with van der Waals surface area (Å²) in [5, 5.41) is 13.9. The third kappa shape index (κ3) is 7.01. The number of amides is 2. The molecule has 2 rings (SSSR count). The van der Waals surface area contributed by atoms with Gasteiger partial charge in [0.05, 0.1) is 16.9 Å². The van der Waals surface area contributed by atoms with Gasteiger partial charge in [-0.25, -0.2) is 8.42 Å². The zero-order valence-corrected chi connectivity index (χ0v) is 20.5. The van der Waals surface area contributed by atoms with Crippen LogP contribution in [0.3, 0.4) is 0 Å². The van der Waals surface area contributed by atoms with Gasteiger partial charge in [-0.05, 0) is 37.5 Å². The van der Waals surface area contributed by atoms with E-state index in [1.54, 1.807) is 6.92 Å². The maximum absolute atomic E-state index is 13.4. The number of benzene rings is 2. The molecule has 2 aromatic carbocycles. The number of carbonyl (C=O) groups excluding carboxylic acids is 2. The molecule has 10 nitrogen and oxygen atoms in total. The zero-order valence-electron chi connectivity index (χ0n) is 19.7. The van der Waals surface area contributed by atoms with Gasteiger partial charge < -0.3 is 10.2 Å². The van der Waals surface area contributed by atoms with Crippen LogP contribution >= 0.6 is 0 Å². The highest BCUT2D eigenvalue weighted by Crippen LogP contribution is 2.24. The summed E-state index contributed by atoms with van der Waals surface area (Å²) >= 11 is 0. The van der Waals surface area contributed by atoms with Crippen molar-refractivity contribution in [2.45, 2.75) is 39.8 Å². The smallest absolute Gasteiger partial charge is 0.271 e. The quantitative estimate of drug-likeness (QED) is 0.381. The number of hydrogen-bond donors (Lipinski definition) is 1. The highest BCUT2D eigenvalue weighted by Gasteiger charge is 2.30. The van der Waals surface area contributed by atoms with Crippen molar-refractivity contribution < 1.29 is 22.9 Å². The average Bonchev–Trinajstić information content (AvgIpc) is 2.79. The molecule has 2 amide bonds. The molecular formula is C23H30N4O6S. The second-order valence-corrected chi connectivity index (χ2v) is 9.87. The number of nitrogens with one attached hydrogen (secondary N) is 1. The van der Waals surface area contributed by atoms with E-state index in [4.69, 9.17) is 0 Å². The summed E-state index contributed by atoms with van der Waals surface area (Å²) in [6, 6.07) is 11.6. The van der Waals surface area contributed by atoms with Gasteiger partial charge in [0, 0.05) is 25.2 Å². The first-order valence-corrected chi connectivity index (χ1v) is 12.6. The van der Waals surface area contributed by atoms with E-state index >= 15 is 0 Å². The molecular weight excluding hydrogens is 460 g/mol. The summed E-state index contributed by atoms with van der Waals surface area (Å²) in [4.78, 5) is 38.0. The van der Waals surface area contributed by atoms with Gasteiger partial charge in [-0.15, -0.1) is 0 Å². The van der Waals surface area contributed by atoms with Crippen molar-refractivity contribution >= 4 is 33.2 Å². The predicted molar refractivity (Wildman–Crippen MR) is 130 cm³/mol. The molecule has 184 valence electrons. The van der Waals surface area contributed by atoms with Crippen LogP contribution in [0.2, 0.25) is 0 Å². The molecule has 1 N–H and O–H groups in total. The van der Waals surface area contributed by atoms with Gasteiger partial charge in [0.2, 0.25) is 21.8 Å². The Labute approximate surface area is 199 Å². The van der Waals surface area contributed by atoms with E-state index in [1.807, 2.05) is 38.1 Å². The SMILES string of the molecule is CCCNC(=O)C(C)N(Cc1ccccc1C)C(=O)CN(c1cccc([N+](=O)[O-])c1)S(C)(=O)=O. The van der Waals surface area contributed by atoms with Gasteiger partial charge in [0.15, 0.2) is 0 Å². The first-order valence-electron chi connectivity index (χ1n) is 10.8. The lowest BCUT2D eigenvalue weighted by molar-refractivity contribution is -0.384. The van der Waals surface area contributed by atoms with Crippen LogP contribution in [0.4, 0.5) is 11.4 Å². The fourth-order valence-corrected chi connectivity index (χ4v) is 4.17. The molecule has 0 saturated carbocycles. The number of nitro groups is 1. The van der Waals surface area contributed by atoms with Crippen molar-refractivity contribution in [3.63, 3.8) is 0 Å². The minimum absolute atomic E-state index is 0.0102. The fourth-order valence-electron chi connectivity index (χ4n) is 3.32. The topological polar surface area (TPSA) is 130 Å². The second kappa shape index (κ2) is 11.6. The lowest BCUT2D eigenvalue weighted by Gasteiger charge is -2.31. The molecule has 1 unspecified atom stereocenters. The lowest BCUT2D eigenvalue weighted by atomic mass is 10.1. The van der Waals surface area contributed by atoms with Gasteiger partial charge in [0.1, 0.15) is 12.6 Å². The van der Waals surface area contributed by atoms with Gasteiger partial charge in [-0.1, -0.05) is 37.3 Å². The predicted octanol–water partition coefficient (Wildman–Crippen LogP) is 2.61. The summed E-state index contributed by atoms with van der Waals surface area (Å²) in [6.45, 7) is 5.30. The number of carbonyl (C=O) groups is 2. The average molecular weight is 491 g/mol. The molecule has 0 aliphatic heterocycles. The highest BCUT2D eigenvalue weighted by atomic mass is 32.2. The van der Waals surface area contributed by atoms with Gasteiger partial charge in [-0.2, -0.15) is 0 Å². The van der Waals surface area contributed by atoms with Crippen LogP contribution in [0.5, 0.6) is 0 Å². The Morgan fingerprint density at radius 2 is 1.82 bits per heavy atom. The molecule has 1 atom stereocenters. The molecule has 0 aromatic heterocycles. The van der Waals surface area contributed by atoms with Gasteiger partial charge >= 0.3 is 0 Å². The standard InChI is InChI=1S/C23H30N4O6S/c1-5-13-24-23(29)18(3)25(15-19-10-7-6-9-17(19)2)22(28)16-26(34(4,32)33)20-11-8-12-21(14-20)27(30)31/h6-12,14,18H,5,13,15-16H2,1-4H3,(H,24,29). The van der Waals surface area contributed by atoms with Crippen LogP contribution in [0.15, 0.2) is 48.5 Å². The number of hydrogen-bond acceptors (Lipinski definition) is 6. The summed E-state index contributed by atoms with van der Waals surface area (Å²) in [7, 11) is -3.97. The van der Waals surface area contributed by atoms with E-state index in [9.17, 15) is 28.1 Å². The van der Waals surface area contributed by atoms with Crippen LogP contribution in [-0.4, -0.2) is 55.4 Å². The molecule has 11 heteroatoms. The van der Waals surface area contributed by atoms with Crippen LogP contribution in [0, 0.1) is 17.0 Å². The van der Waals surface area contributed by atoms with Crippen molar-refractivity contribution in [1.29, 1.82) is 0 Å². The molecule has 34 heavy (non-hydrogen) atoms. The van der Waals surface area contributed by atoms with E-state index in [0.717, 1.165) is 34.2 Å². The van der Waals surface area contributed by atoms with Crippen molar-refractivity contribution in [2.24, 2.45) is 0 Å². The van der Waals surface area contributed by atoms with Crippen LogP contribution in [-0.2, 0) is 26.2 Å². The summed E-state index contributed by atoms with van der Waals surface area (Å²) in [5.41, 5.74) is 1.42. The monoisotopic (exact) mass is 490 g/mol. The van der Waals surface area contributed by atoms with Crippen LogP contribution < -0.4 is 9.62 Å². The minimum Gasteiger partial charge on any atom is -0.354 e. The molecule has 0 aliphatic carbocycles. The van der Waals surface area contributed by atoms with Crippen LogP contribution in [0.25, 0.3) is 0 Å². The van der Waals surface area contributed by atoms with E-state index in [-0.39, 0.29) is 23.8 Å². The van der Waals surface area contributed by atoms with Crippen molar-refractivity contribution in [1.82, 2.24) is 10.2 Å². The third-order valence-electron chi connectivity index (χ3n) is 5.33. The second-order valence-electron chi connectivity index (χ2n) is 7.96. The van der Waals surface area contributed by atoms with E-state index < -0.39 is 33.4 Å². The summed E-state index contributed by atoms with van der Waals surface area (Å²) < 4.78 is 25.9. The molecule has 0 fully saturated rings. The fraction of sp³-hybridized carbons (Fsp3) is 0.391. The Kier molecular flexibility index (Phi) is 9.13. The minimum atomic E-state index is -3.97. The number of nitrogens with zero attached hydrogens (tertiary/aromatic N) is 3. The van der Waals surface area contributed by atoms with Crippen molar-refractivity contribution in [3.8, 4) is 0 Å². The maximum atomic E-state index is 13.4. The third-order valence-corrected chi connectivity index (χ3v) is 6.47. The normalized spacial score (nSPS) is 12.0. The highest BCUT2D eigenvalue weighted by molar-refractivity contribution is 7.92. The van der Waals surface area contributed by atoms with E-state index in [0.29, 0.717) is 6.54 Å². The molecule has 0 saturated heterocycles. The Morgan fingerprint density at radius 1 is 1.15 bits per heavy atom. The Hall–Kier alpha value is -3.47. The Balaban J connectivity index is 2.42. The van der Waals surface area contributed by atoms with E-state index in [2.05, 4.69) is 5.32 Å². The first-order chi connectivity index (χ1) is 16.0. The molecule has 2 aromatic rings. The number of non-ortho nitro benzene ring substituents is 1. The summed E-state index contributed by atoms with van der Waals surface area (Å²) in [6.07, 6.45) is 1.64. The van der Waals surface area contributed by atoms with E-state index in [1.165, 1.54) is 23.1 Å². The zero-order chi connectivity index (χ0) is 25.5. The maximum Gasteiger partial charge on any atom is 0.271 e. The summed E-state index contributed by atoms with van der Waals surface area (Å²) in [5.74, 6) is -0.968. The number of nitro benzene ring substituents is 1. The molecule has 0 bridgehead atoms. The first kappa shape index (κ1) is 26.8. The van der Waals surface area contributed by atoms with Crippen molar-refractivity contribution in [2.75, 3.05) is 23.7 Å².